The molecule has 78 valence electrons. The number of benzene rings is 1. The molecule has 0 unspecified atom stereocenters. The van der Waals surface area contributed by atoms with Crippen molar-refractivity contribution in [3.8, 4) is 0 Å². The Morgan fingerprint density at radius 2 is 2.00 bits per heavy atom. The van der Waals surface area contributed by atoms with Gasteiger partial charge in [0, 0.05) is 6.54 Å². The van der Waals surface area contributed by atoms with Gasteiger partial charge in [0.1, 0.15) is 5.69 Å². The zero-order valence-corrected chi connectivity index (χ0v) is 8.37. The maximum absolute atomic E-state index is 8.82. The molecule has 1 aromatic carbocycles. The molecule has 0 saturated carbocycles. The van der Waals surface area contributed by atoms with Gasteiger partial charge in [-0.25, -0.2) is 0 Å². The third kappa shape index (κ3) is 2.63. The van der Waals surface area contributed by atoms with E-state index in [1.165, 1.54) is 5.56 Å². The molecule has 1 aromatic heterocycles. The Hall–Kier alpha value is -1.68. The van der Waals surface area contributed by atoms with E-state index in [4.69, 9.17) is 5.11 Å². The highest BCUT2D eigenvalue weighted by Gasteiger charge is 1.98. The minimum Gasteiger partial charge on any atom is -0.390 e. The van der Waals surface area contributed by atoms with Crippen molar-refractivity contribution in [2.24, 2.45) is 0 Å². The average molecular weight is 203 g/mol. The summed E-state index contributed by atoms with van der Waals surface area (Å²) in [5, 5.41) is 16.5. The largest absolute Gasteiger partial charge is 0.390 e. The summed E-state index contributed by atoms with van der Waals surface area (Å²) in [7, 11) is 0. The molecule has 0 atom stereocenters. The predicted octanol–water partition coefficient (Wildman–Crippen LogP) is 1.01. The molecule has 0 amide bonds. The van der Waals surface area contributed by atoms with E-state index >= 15 is 0 Å². The van der Waals surface area contributed by atoms with Crippen LogP contribution in [0.25, 0.3) is 0 Å². The van der Waals surface area contributed by atoms with Crippen LogP contribution in [-0.4, -0.2) is 20.1 Å². The van der Waals surface area contributed by atoms with E-state index in [0.29, 0.717) is 5.69 Å². The molecule has 0 aliphatic carbocycles. The number of aryl methyl sites for hydroxylation is 2. The maximum atomic E-state index is 8.82. The molecule has 0 saturated heterocycles. The lowest BCUT2D eigenvalue weighted by molar-refractivity contribution is 0.276. The smallest absolute Gasteiger partial charge is 0.108 e. The summed E-state index contributed by atoms with van der Waals surface area (Å²) in [6.07, 6.45) is 2.69. The minimum absolute atomic E-state index is 0.0503. The zero-order valence-electron chi connectivity index (χ0n) is 8.37. The second-order valence-corrected chi connectivity index (χ2v) is 3.37. The van der Waals surface area contributed by atoms with Crippen molar-refractivity contribution < 1.29 is 5.11 Å². The summed E-state index contributed by atoms with van der Waals surface area (Å²) < 4.78 is 1.75. The summed E-state index contributed by atoms with van der Waals surface area (Å²) in [4.78, 5) is 0. The van der Waals surface area contributed by atoms with Crippen LogP contribution in [0.15, 0.2) is 36.5 Å². The number of aromatic nitrogens is 3. The zero-order chi connectivity index (χ0) is 10.5. The van der Waals surface area contributed by atoms with Crippen LogP contribution in [0.1, 0.15) is 11.3 Å². The van der Waals surface area contributed by atoms with Gasteiger partial charge < -0.3 is 5.11 Å². The van der Waals surface area contributed by atoms with E-state index in [9.17, 15) is 0 Å². The van der Waals surface area contributed by atoms with Crippen LogP contribution in [0.5, 0.6) is 0 Å². The Kier molecular flexibility index (Phi) is 3.09. The van der Waals surface area contributed by atoms with E-state index in [1.807, 2.05) is 18.2 Å². The van der Waals surface area contributed by atoms with Crippen LogP contribution in [0, 0.1) is 0 Å². The molecular formula is C11H13N3O. The van der Waals surface area contributed by atoms with Gasteiger partial charge in [-0.3, -0.25) is 4.68 Å². The van der Waals surface area contributed by atoms with E-state index in [2.05, 4.69) is 22.4 Å². The first-order valence-electron chi connectivity index (χ1n) is 4.92. The van der Waals surface area contributed by atoms with Crippen molar-refractivity contribution in [2.45, 2.75) is 19.6 Å². The average Bonchev–Trinajstić information content (AvgIpc) is 2.76. The number of rotatable bonds is 4. The minimum atomic E-state index is -0.0503. The van der Waals surface area contributed by atoms with E-state index < -0.39 is 0 Å². The SMILES string of the molecule is OCc1cn(CCc2ccccc2)nn1. The van der Waals surface area contributed by atoms with Crippen LogP contribution < -0.4 is 0 Å². The van der Waals surface area contributed by atoms with E-state index in [0.717, 1.165) is 13.0 Å². The highest BCUT2D eigenvalue weighted by atomic mass is 16.3. The molecule has 0 fully saturated rings. The van der Waals surface area contributed by atoms with Crippen LogP contribution in [0.2, 0.25) is 0 Å². The summed E-state index contributed by atoms with van der Waals surface area (Å²) in [5.41, 5.74) is 1.89. The van der Waals surface area contributed by atoms with Crippen LogP contribution in [0.4, 0.5) is 0 Å². The molecule has 2 aromatic rings. The third-order valence-electron chi connectivity index (χ3n) is 2.22. The lowest BCUT2D eigenvalue weighted by Gasteiger charge is -2.00. The molecule has 0 bridgehead atoms. The quantitative estimate of drug-likeness (QED) is 0.807. The Balaban J connectivity index is 1.93. The summed E-state index contributed by atoms with van der Waals surface area (Å²) in [5.74, 6) is 0. The van der Waals surface area contributed by atoms with Crippen molar-refractivity contribution in [1.82, 2.24) is 15.0 Å². The first-order chi connectivity index (χ1) is 7.38. The van der Waals surface area contributed by atoms with E-state index in [1.54, 1.807) is 10.9 Å². The van der Waals surface area contributed by atoms with Crippen LogP contribution >= 0.6 is 0 Å². The molecule has 0 spiro atoms. The molecule has 2 rings (SSSR count). The predicted molar refractivity (Wildman–Crippen MR) is 56.1 cm³/mol. The molecular weight excluding hydrogens is 190 g/mol. The highest BCUT2D eigenvalue weighted by Crippen LogP contribution is 2.01. The van der Waals surface area contributed by atoms with Gasteiger partial charge in [0.25, 0.3) is 0 Å². The molecule has 1 heterocycles. The van der Waals surface area contributed by atoms with E-state index in [-0.39, 0.29) is 6.61 Å². The third-order valence-corrected chi connectivity index (χ3v) is 2.22. The topological polar surface area (TPSA) is 50.9 Å². The summed E-state index contributed by atoms with van der Waals surface area (Å²) in [6.45, 7) is 0.738. The lowest BCUT2D eigenvalue weighted by atomic mass is 10.1. The van der Waals surface area contributed by atoms with Gasteiger partial charge in [0.15, 0.2) is 0 Å². The Labute approximate surface area is 88.2 Å². The van der Waals surface area contributed by atoms with Crippen molar-refractivity contribution in [2.75, 3.05) is 0 Å². The number of nitrogens with zero attached hydrogens (tertiary/aromatic N) is 3. The second-order valence-electron chi connectivity index (χ2n) is 3.37. The fourth-order valence-corrected chi connectivity index (χ4v) is 1.41. The summed E-state index contributed by atoms with van der Waals surface area (Å²) in [6, 6.07) is 10.2. The molecule has 4 nitrogen and oxygen atoms in total. The molecule has 1 N–H and O–H groups in total. The molecule has 4 heteroatoms. The van der Waals surface area contributed by atoms with Gasteiger partial charge in [-0.2, -0.15) is 0 Å². The fraction of sp³-hybridized carbons (Fsp3) is 0.273. The molecule has 0 aliphatic rings. The standard InChI is InChI=1S/C11H13N3O/c15-9-11-8-14(13-12-11)7-6-10-4-2-1-3-5-10/h1-5,8,15H,6-7,9H2. The fourth-order valence-electron chi connectivity index (χ4n) is 1.41. The maximum Gasteiger partial charge on any atom is 0.108 e. The number of hydrogen-bond donors (Lipinski definition) is 1. The first-order valence-corrected chi connectivity index (χ1v) is 4.92. The van der Waals surface area contributed by atoms with Crippen molar-refractivity contribution >= 4 is 0 Å². The van der Waals surface area contributed by atoms with Gasteiger partial charge in [-0.15, -0.1) is 5.10 Å². The Morgan fingerprint density at radius 3 is 2.67 bits per heavy atom. The van der Waals surface area contributed by atoms with Gasteiger partial charge in [-0.05, 0) is 12.0 Å². The summed E-state index contributed by atoms with van der Waals surface area (Å²) >= 11 is 0. The second kappa shape index (κ2) is 4.70. The van der Waals surface area contributed by atoms with Gasteiger partial charge in [0.2, 0.25) is 0 Å². The number of aliphatic hydroxyl groups is 1. The van der Waals surface area contributed by atoms with Crippen molar-refractivity contribution in [3.05, 3.63) is 47.8 Å². The molecule has 15 heavy (non-hydrogen) atoms. The number of aliphatic hydroxyl groups excluding tert-OH is 1. The van der Waals surface area contributed by atoms with Crippen LogP contribution in [-0.2, 0) is 19.6 Å². The van der Waals surface area contributed by atoms with Gasteiger partial charge in [-0.1, -0.05) is 35.5 Å². The van der Waals surface area contributed by atoms with Crippen LogP contribution in [0.3, 0.4) is 0 Å². The van der Waals surface area contributed by atoms with Gasteiger partial charge in [0.05, 0.1) is 12.8 Å². The monoisotopic (exact) mass is 203 g/mol. The molecule has 0 aliphatic heterocycles. The van der Waals surface area contributed by atoms with Crippen molar-refractivity contribution in [1.29, 1.82) is 0 Å². The lowest BCUT2D eigenvalue weighted by Crippen LogP contribution is -2.01. The molecule has 0 radical (unpaired) electrons. The van der Waals surface area contributed by atoms with Gasteiger partial charge >= 0.3 is 0 Å². The number of hydrogen-bond acceptors (Lipinski definition) is 3. The Bertz CT molecular complexity index is 411. The normalized spacial score (nSPS) is 10.5. The Morgan fingerprint density at radius 1 is 1.20 bits per heavy atom. The van der Waals surface area contributed by atoms with Crippen molar-refractivity contribution in [3.63, 3.8) is 0 Å². The highest BCUT2D eigenvalue weighted by molar-refractivity contribution is 5.14. The first kappa shape index (κ1) is 9.86.